The van der Waals surface area contributed by atoms with E-state index in [0.717, 1.165) is 25.3 Å². The third-order valence-electron chi connectivity index (χ3n) is 4.11. The van der Waals surface area contributed by atoms with Gasteiger partial charge >= 0.3 is 0 Å². The predicted molar refractivity (Wildman–Crippen MR) is 67.1 cm³/mol. The molecular weight excluding hydrogens is 234 g/mol. The number of halogens is 2. The highest BCUT2D eigenvalue weighted by Crippen LogP contribution is 2.43. The molecule has 1 atom stereocenters. The molecule has 0 saturated heterocycles. The Morgan fingerprint density at radius 3 is 2.50 bits per heavy atom. The van der Waals surface area contributed by atoms with Gasteiger partial charge in [-0.15, -0.1) is 0 Å². The second-order valence-corrected chi connectivity index (χ2v) is 6.15. The number of hydrogen-bond acceptors (Lipinski definition) is 1. The van der Waals surface area contributed by atoms with Crippen LogP contribution in [-0.4, -0.2) is 5.11 Å². The van der Waals surface area contributed by atoms with Gasteiger partial charge in [0.15, 0.2) is 11.6 Å². The highest BCUT2D eigenvalue weighted by Gasteiger charge is 2.37. The first-order chi connectivity index (χ1) is 8.34. The van der Waals surface area contributed by atoms with Crippen molar-refractivity contribution < 1.29 is 13.9 Å². The van der Waals surface area contributed by atoms with Gasteiger partial charge in [-0.3, -0.25) is 0 Å². The third-order valence-corrected chi connectivity index (χ3v) is 4.11. The van der Waals surface area contributed by atoms with Crippen molar-refractivity contribution in [3.8, 4) is 0 Å². The number of rotatable bonds is 1. The van der Waals surface area contributed by atoms with E-state index >= 15 is 0 Å². The fraction of sp³-hybridized carbons (Fsp3) is 0.600. The van der Waals surface area contributed by atoms with E-state index in [0.29, 0.717) is 12.8 Å². The van der Waals surface area contributed by atoms with Crippen LogP contribution in [0.25, 0.3) is 0 Å². The van der Waals surface area contributed by atoms with Gasteiger partial charge in [-0.25, -0.2) is 8.78 Å². The van der Waals surface area contributed by atoms with Crippen molar-refractivity contribution >= 4 is 0 Å². The van der Waals surface area contributed by atoms with Crippen LogP contribution in [0.4, 0.5) is 8.78 Å². The van der Waals surface area contributed by atoms with Gasteiger partial charge in [0.2, 0.25) is 0 Å². The average Bonchev–Trinajstić information content (AvgIpc) is 2.43. The van der Waals surface area contributed by atoms with E-state index in [4.69, 9.17) is 0 Å². The maximum atomic E-state index is 13.8. The van der Waals surface area contributed by atoms with Gasteiger partial charge in [0.05, 0.1) is 5.60 Å². The molecule has 1 aliphatic carbocycles. The SMILES string of the molecule is CC1(C)CCCC(O)(c2cccc(F)c2F)CC1. The molecule has 3 heteroatoms. The minimum Gasteiger partial charge on any atom is -0.385 e. The number of aliphatic hydroxyl groups is 1. The van der Waals surface area contributed by atoms with Crippen LogP contribution in [-0.2, 0) is 5.60 Å². The zero-order valence-corrected chi connectivity index (χ0v) is 11.0. The molecule has 1 nitrogen and oxygen atoms in total. The molecule has 100 valence electrons. The third kappa shape index (κ3) is 2.56. The topological polar surface area (TPSA) is 20.2 Å². The van der Waals surface area contributed by atoms with Crippen molar-refractivity contribution in [2.75, 3.05) is 0 Å². The largest absolute Gasteiger partial charge is 0.385 e. The van der Waals surface area contributed by atoms with E-state index in [2.05, 4.69) is 13.8 Å². The molecule has 1 saturated carbocycles. The van der Waals surface area contributed by atoms with Gasteiger partial charge in [-0.2, -0.15) is 0 Å². The Kier molecular flexibility index (Phi) is 3.45. The van der Waals surface area contributed by atoms with Crippen molar-refractivity contribution in [1.82, 2.24) is 0 Å². The zero-order valence-electron chi connectivity index (χ0n) is 11.0. The van der Waals surface area contributed by atoms with Crippen LogP contribution in [0.2, 0.25) is 0 Å². The maximum absolute atomic E-state index is 13.8. The second-order valence-electron chi connectivity index (χ2n) is 6.15. The van der Waals surface area contributed by atoms with Crippen molar-refractivity contribution in [3.05, 3.63) is 35.4 Å². The lowest BCUT2D eigenvalue weighted by Crippen LogP contribution is -2.27. The quantitative estimate of drug-likeness (QED) is 0.747. The average molecular weight is 254 g/mol. The highest BCUT2D eigenvalue weighted by molar-refractivity contribution is 5.25. The summed E-state index contributed by atoms with van der Waals surface area (Å²) in [5, 5.41) is 10.7. The summed E-state index contributed by atoms with van der Waals surface area (Å²) in [6.45, 7) is 4.31. The molecule has 0 aliphatic heterocycles. The van der Waals surface area contributed by atoms with Gasteiger partial charge in [-0.05, 0) is 43.6 Å². The summed E-state index contributed by atoms with van der Waals surface area (Å²) in [4.78, 5) is 0. The van der Waals surface area contributed by atoms with Crippen molar-refractivity contribution in [2.45, 2.75) is 51.6 Å². The molecule has 2 rings (SSSR count). The minimum atomic E-state index is -1.22. The van der Waals surface area contributed by atoms with Gasteiger partial charge in [0, 0.05) is 5.56 Å². The van der Waals surface area contributed by atoms with Gasteiger partial charge < -0.3 is 5.11 Å². The van der Waals surface area contributed by atoms with Gasteiger partial charge in [-0.1, -0.05) is 26.0 Å². The van der Waals surface area contributed by atoms with E-state index in [1.165, 1.54) is 12.1 Å². The fourth-order valence-corrected chi connectivity index (χ4v) is 2.79. The number of hydrogen-bond donors (Lipinski definition) is 1. The van der Waals surface area contributed by atoms with E-state index < -0.39 is 17.2 Å². The van der Waals surface area contributed by atoms with Gasteiger partial charge in [0.1, 0.15) is 0 Å². The van der Waals surface area contributed by atoms with Crippen LogP contribution in [0, 0.1) is 17.0 Å². The monoisotopic (exact) mass is 254 g/mol. The second kappa shape index (κ2) is 4.61. The molecule has 1 aromatic rings. The summed E-state index contributed by atoms with van der Waals surface area (Å²) in [6, 6.07) is 4.04. The first kappa shape index (κ1) is 13.5. The molecule has 1 N–H and O–H groups in total. The van der Waals surface area contributed by atoms with Crippen LogP contribution in [0.15, 0.2) is 18.2 Å². The molecule has 0 amide bonds. The Bertz CT molecular complexity index is 442. The summed E-state index contributed by atoms with van der Waals surface area (Å²) in [5.41, 5.74) is -0.950. The van der Waals surface area contributed by atoms with Crippen LogP contribution in [0.1, 0.15) is 51.5 Å². The first-order valence-corrected chi connectivity index (χ1v) is 6.51. The molecule has 0 heterocycles. The van der Waals surface area contributed by atoms with Crippen LogP contribution >= 0.6 is 0 Å². The highest BCUT2D eigenvalue weighted by atomic mass is 19.2. The minimum absolute atomic E-state index is 0.111. The zero-order chi connectivity index (χ0) is 13.4. The molecule has 0 aromatic heterocycles. The first-order valence-electron chi connectivity index (χ1n) is 6.51. The van der Waals surface area contributed by atoms with E-state index in [9.17, 15) is 13.9 Å². The van der Waals surface area contributed by atoms with Crippen LogP contribution in [0.3, 0.4) is 0 Å². The Balaban J connectivity index is 2.33. The molecule has 18 heavy (non-hydrogen) atoms. The standard InChI is InChI=1S/C15H20F2O/c1-14(2)7-4-8-15(18,10-9-14)11-5-3-6-12(16)13(11)17/h3,5-6,18H,4,7-10H2,1-2H3. The molecule has 1 aliphatic rings. The molecule has 0 spiro atoms. The van der Waals surface area contributed by atoms with Crippen molar-refractivity contribution in [3.63, 3.8) is 0 Å². The van der Waals surface area contributed by atoms with Crippen molar-refractivity contribution in [2.24, 2.45) is 5.41 Å². The summed E-state index contributed by atoms with van der Waals surface area (Å²) in [7, 11) is 0. The Morgan fingerprint density at radius 1 is 1.06 bits per heavy atom. The Morgan fingerprint density at radius 2 is 1.78 bits per heavy atom. The number of benzene rings is 1. The molecule has 0 radical (unpaired) electrons. The smallest absolute Gasteiger partial charge is 0.164 e. The van der Waals surface area contributed by atoms with Crippen LogP contribution < -0.4 is 0 Å². The molecular formula is C15H20F2O. The lowest BCUT2D eigenvalue weighted by molar-refractivity contribution is 0.0140. The van der Waals surface area contributed by atoms with E-state index in [1.54, 1.807) is 0 Å². The lowest BCUT2D eigenvalue weighted by Gasteiger charge is -2.28. The maximum Gasteiger partial charge on any atom is 0.164 e. The Labute approximate surface area is 107 Å². The summed E-state index contributed by atoms with van der Waals surface area (Å²) >= 11 is 0. The summed E-state index contributed by atoms with van der Waals surface area (Å²) < 4.78 is 27.1. The summed E-state index contributed by atoms with van der Waals surface area (Å²) in [5.74, 6) is -1.79. The molecule has 1 fully saturated rings. The van der Waals surface area contributed by atoms with E-state index in [-0.39, 0.29) is 11.0 Å². The molecule has 0 bridgehead atoms. The predicted octanol–water partition coefficient (Wildman–Crippen LogP) is 4.14. The summed E-state index contributed by atoms with van der Waals surface area (Å²) in [6.07, 6.45) is 3.64. The molecule has 1 aromatic carbocycles. The Hall–Kier alpha value is -0.960. The molecule has 1 unspecified atom stereocenters. The van der Waals surface area contributed by atoms with E-state index in [1.807, 2.05) is 0 Å². The lowest BCUT2D eigenvalue weighted by atomic mass is 9.82. The van der Waals surface area contributed by atoms with Crippen molar-refractivity contribution in [1.29, 1.82) is 0 Å². The van der Waals surface area contributed by atoms with Gasteiger partial charge in [0.25, 0.3) is 0 Å². The fourth-order valence-electron chi connectivity index (χ4n) is 2.79. The van der Waals surface area contributed by atoms with Crippen LogP contribution in [0.5, 0.6) is 0 Å². The normalized spacial score (nSPS) is 27.8.